The van der Waals surface area contributed by atoms with Crippen LogP contribution in [0.5, 0.6) is 0 Å². The number of carbonyl (C=O) groups excluding carboxylic acids is 1. The molecule has 0 atom stereocenters. The van der Waals surface area contributed by atoms with Crippen LogP contribution >= 0.6 is 11.3 Å². The maximum absolute atomic E-state index is 12.4. The zero-order chi connectivity index (χ0) is 21.1. The van der Waals surface area contributed by atoms with E-state index in [0.29, 0.717) is 5.82 Å². The second-order valence-electron chi connectivity index (χ2n) is 6.81. The molecule has 9 heteroatoms. The molecule has 0 saturated carbocycles. The monoisotopic (exact) mass is 420 g/mol. The summed E-state index contributed by atoms with van der Waals surface area (Å²) in [5.41, 5.74) is 3.20. The van der Waals surface area contributed by atoms with Gasteiger partial charge in [0, 0.05) is 22.7 Å². The molecule has 0 aliphatic rings. The number of aromatic nitrogens is 5. The minimum atomic E-state index is -0.351. The Bertz CT molecular complexity index is 1240. The summed E-state index contributed by atoms with van der Waals surface area (Å²) in [6.07, 6.45) is 0. The van der Waals surface area contributed by atoms with E-state index in [1.807, 2.05) is 55.6 Å². The third-order valence-corrected chi connectivity index (χ3v) is 5.35. The SMILES string of the molecule is Cc1cc(C)n(-c2ccc(=O)n(CC(=O)NCc3csc(-c4ccccc4)n3)n2)n1. The van der Waals surface area contributed by atoms with Crippen LogP contribution in [-0.2, 0) is 17.9 Å². The topological polar surface area (TPSA) is 94.7 Å². The van der Waals surface area contributed by atoms with Crippen molar-refractivity contribution in [3.05, 3.63) is 81.3 Å². The first-order valence-corrected chi connectivity index (χ1v) is 10.3. The lowest BCUT2D eigenvalue weighted by molar-refractivity contribution is -0.122. The Morgan fingerprint density at radius 2 is 1.90 bits per heavy atom. The molecule has 4 aromatic rings. The molecule has 0 saturated heterocycles. The van der Waals surface area contributed by atoms with E-state index >= 15 is 0 Å². The highest BCUT2D eigenvalue weighted by Gasteiger charge is 2.11. The van der Waals surface area contributed by atoms with Gasteiger partial charge in [0.2, 0.25) is 5.91 Å². The first kappa shape index (κ1) is 19.7. The fourth-order valence-corrected chi connectivity index (χ4v) is 3.83. The predicted molar refractivity (Wildman–Crippen MR) is 114 cm³/mol. The highest BCUT2D eigenvalue weighted by molar-refractivity contribution is 7.13. The summed E-state index contributed by atoms with van der Waals surface area (Å²) in [7, 11) is 0. The van der Waals surface area contributed by atoms with Crippen LogP contribution in [0.25, 0.3) is 16.4 Å². The van der Waals surface area contributed by atoms with Gasteiger partial charge in [-0.3, -0.25) is 9.59 Å². The lowest BCUT2D eigenvalue weighted by Crippen LogP contribution is -2.33. The molecule has 0 aliphatic carbocycles. The van der Waals surface area contributed by atoms with Crippen molar-refractivity contribution < 1.29 is 4.79 Å². The van der Waals surface area contributed by atoms with Crippen molar-refractivity contribution in [3.8, 4) is 16.4 Å². The predicted octanol–water partition coefficient (Wildman–Crippen LogP) is 2.49. The Labute approximate surface area is 176 Å². The summed E-state index contributed by atoms with van der Waals surface area (Å²) in [4.78, 5) is 29.1. The Morgan fingerprint density at radius 1 is 1.10 bits per heavy atom. The van der Waals surface area contributed by atoms with Gasteiger partial charge in [-0.25, -0.2) is 14.3 Å². The number of hydrogen-bond donors (Lipinski definition) is 1. The number of carbonyl (C=O) groups is 1. The largest absolute Gasteiger partial charge is 0.349 e. The zero-order valence-electron chi connectivity index (χ0n) is 16.6. The van der Waals surface area contributed by atoms with Gasteiger partial charge in [-0.2, -0.15) is 5.10 Å². The smallest absolute Gasteiger partial charge is 0.267 e. The van der Waals surface area contributed by atoms with E-state index in [1.54, 1.807) is 10.7 Å². The summed E-state index contributed by atoms with van der Waals surface area (Å²) in [5, 5.41) is 14.3. The number of thiazole rings is 1. The molecule has 1 aromatic carbocycles. The molecule has 0 fully saturated rings. The second kappa shape index (κ2) is 8.42. The molecule has 3 heterocycles. The quantitative estimate of drug-likeness (QED) is 0.517. The van der Waals surface area contributed by atoms with Gasteiger partial charge in [0.15, 0.2) is 5.82 Å². The average Bonchev–Trinajstić information content (AvgIpc) is 3.35. The third-order valence-electron chi connectivity index (χ3n) is 4.41. The number of nitrogens with zero attached hydrogens (tertiary/aromatic N) is 5. The maximum atomic E-state index is 12.4. The number of benzene rings is 1. The molecule has 4 rings (SSSR count). The van der Waals surface area contributed by atoms with Gasteiger partial charge in [0.25, 0.3) is 5.56 Å². The fourth-order valence-electron chi connectivity index (χ4n) is 3.01. The van der Waals surface area contributed by atoms with Gasteiger partial charge in [-0.15, -0.1) is 16.4 Å². The normalized spacial score (nSPS) is 10.9. The van der Waals surface area contributed by atoms with Gasteiger partial charge in [-0.05, 0) is 26.0 Å². The van der Waals surface area contributed by atoms with Crippen molar-refractivity contribution in [2.45, 2.75) is 26.9 Å². The average molecular weight is 420 g/mol. The summed E-state index contributed by atoms with van der Waals surface area (Å²) in [6, 6.07) is 14.8. The summed E-state index contributed by atoms with van der Waals surface area (Å²) >= 11 is 1.52. The van der Waals surface area contributed by atoms with Crippen molar-refractivity contribution in [1.29, 1.82) is 0 Å². The molecule has 3 aromatic heterocycles. The van der Waals surface area contributed by atoms with Gasteiger partial charge >= 0.3 is 0 Å². The van der Waals surface area contributed by atoms with Crippen LogP contribution < -0.4 is 10.9 Å². The third kappa shape index (κ3) is 4.36. The molecule has 1 N–H and O–H groups in total. The van der Waals surface area contributed by atoms with E-state index in [-0.39, 0.29) is 24.6 Å². The first-order chi connectivity index (χ1) is 14.5. The Morgan fingerprint density at radius 3 is 2.63 bits per heavy atom. The standard InChI is InChI=1S/C21H20N6O2S/c1-14-10-15(2)27(24-14)18-8-9-20(29)26(25-18)12-19(28)22-11-17-13-30-21(23-17)16-6-4-3-5-7-16/h3-10,13H,11-12H2,1-2H3,(H,22,28). The Kier molecular flexibility index (Phi) is 5.53. The molecule has 30 heavy (non-hydrogen) atoms. The number of rotatable bonds is 6. The van der Waals surface area contributed by atoms with Gasteiger partial charge in [0.1, 0.15) is 11.6 Å². The second-order valence-corrected chi connectivity index (χ2v) is 7.67. The van der Waals surface area contributed by atoms with Crippen LogP contribution in [-0.4, -0.2) is 30.5 Å². The highest BCUT2D eigenvalue weighted by atomic mass is 32.1. The van der Waals surface area contributed by atoms with E-state index in [0.717, 1.165) is 32.3 Å². The van der Waals surface area contributed by atoms with Crippen LogP contribution in [0.1, 0.15) is 17.1 Å². The number of amides is 1. The van der Waals surface area contributed by atoms with Crippen molar-refractivity contribution in [2.75, 3.05) is 0 Å². The van der Waals surface area contributed by atoms with Gasteiger partial charge in [-0.1, -0.05) is 30.3 Å². The molecule has 0 spiro atoms. The number of hydrogen-bond acceptors (Lipinski definition) is 6. The van der Waals surface area contributed by atoms with E-state index in [1.165, 1.54) is 17.4 Å². The van der Waals surface area contributed by atoms with E-state index in [4.69, 9.17) is 0 Å². The lowest BCUT2D eigenvalue weighted by Gasteiger charge is -2.08. The van der Waals surface area contributed by atoms with Crippen LogP contribution in [0.15, 0.2) is 58.7 Å². The van der Waals surface area contributed by atoms with Gasteiger partial charge < -0.3 is 5.32 Å². The lowest BCUT2D eigenvalue weighted by atomic mass is 10.2. The number of aryl methyl sites for hydroxylation is 2. The molecule has 152 valence electrons. The molecule has 0 radical (unpaired) electrons. The van der Waals surface area contributed by atoms with Crippen molar-refractivity contribution in [2.24, 2.45) is 0 Å². The zero-order valence-corrected chi connectivity index (χ0v) is 17.4. The van der Waals surface area contributed by atoms with Crippen molar-refractivity contribution in [3.63, 3.8) is 0 Å². The van der Waals surface area contributed by atoms with Crippen molar-refractivity contribution >= 4 is 17.2 Å². The first-order valence-electron chi connectivity index (χ1n) is 9.38. The molecule has 0 unspecified atom stereocenters. The van der Waals surface area contributed by atoms with Crippen LogP contribution in [0, 0.1) is 13.8 Å². The summed E-state index contributed by atoms with van der Waals surface area (Å²) in [5.74, 6) is 0.171. The molecule has 1 amide bonds. The molecular formula is C21H20N6O2S. The molecule has 0 bridgehead atoms. The Hall–Kier alpha value is -3.59. The summed E-state index contributed by atoms with van der Waals surface area (Å²) in [6.45, 7) is 3.89. The van der Waals surface area contributed by atoms with E-state index in [2.05, 4.69) is 20.5 Å². The van der Waals surface area contributed by atoms with E-state index < -0.39 is 0 Å². The van der Waals surface area contributed by atoms with Crippen LogP contribution in [0.3, 0.4) is 0 Å². The highest BCUT2D eigenvalue weighted by Crippen LogP contribution is 2.23. The Balaban J connectivity index is 1.42. The van der Waals surface area contributed by atoms with Gasteiger partial charge in [0.05, 0.1) is 17.9 Å². The van der Waals surface area contributed by atoms with E-state index in [9.17, 15) is 9.59 Å². The van der Waals surface area contributed by atoms with Crippen LogP contribution in [0.2, 0.25) is 0 Å². The molecule has 0 aliphatic heterocycles. The minimum Gasteiger partial charge on any atom is -0.349 e. The summed E-state index contributed by atoms with van der Waals surface area (Å²) < 4.78 is 2.78. The van der Waals surface area contributed by atoms with Crippen molar-refractivity contribution in [1.82, 2.24) is 29.9 Å². The molecular weight excluding hydrogens is 400 g/mol. The maximum Gasteiger partial charge on any atom is 0.267 e. The molecule has 8 nitrogen and oxygen atoms in total. The number of nitrogens with one attached hydrogen (secondary N) is 1. The minimum absolute atomic E-state index is 0.179. The fraction of sp³-hybridized carbons (Fsp3) is 0.190. The van der Waals surface area contributed by atoms with Crippen LogP contribution in [0.4, 0.5) is 0 Å².